The number of rotatable bonds is 2. The monoisotopic (exact) mass is 550 g/mol. The third-order valence-electron chi connectivity index (χ3n) is 8.96. The molecule has 3 nitrogen and oxygen atoms in total. The lowest BCUT2D eigenvalue weighted by Gasteiger charge is -2.17. The Bertz CT molecular complexity index is 2680. The molecule has 0 saturated carbocycles. The van der Waals surface area contributed by atoms with E-state index >= 15 is 0 Å². The van der Waals surface area contributed by atoms with Crippen molar-refractivity contribution in [2.45, 2.75) is 0 Å². The van der Waals surface area contributed by atoms with Crippen LogP contribution in [0.1, 0.15) is 0 Å². The quantitative estimate of drug-likeness (QED) is 0.201. The Morgan fingerprint density at radius 1 is 0.302 bits per heavy atom. The van der Waals surface area contributed by atoms with Gasteiger partial charge < -0.3 is 13.3 Å². The lowest BCUT2D eigenvalue weighted by molar-refractivity contribution is 0.601. The van der Waals surface area contributed by atoms with Crippen molar-refractivity contribution in [1.29, 1.82) is 0 Å². The maximum Gasteiger partial charge on any atom is 0.178 e. The molecule has 3 heteroatoms. The van der Waals surface area contributed by atoms with Crippen molar-refractivity contribution < 1.29 is 13.3 Å². The Hall–Kier alpha value is -5.80. The van der Waals surface area contributed by atoms with Crippen LogP contribution in [0, 0.1) is 0 Å². The summed E-state index contributed by atoms with van der Waals surface area (Å²) in [7, 11) is 0. The molecular formula is C40H22O3. The molecule has 0 aliphatic rings. The summed E-state index contributed by atoms with van der Waals surface area (Å²) < 4.78 is 19.2. The predicted octanol–water partition coefficient (Wildman–Crippen LogP) is 11.9. The third-order valence-corrected chi connectivity index (χ3v) is 8.96. The van der Waals surface area contributed by atoms with Gasteiger partial charge in [0.2, 0.25) is 0 Å². The normalized spacial score (nSPS) is 12.2. The van der Waals surface area contributed by atoms with Crippen LogP contribution in [0.2, 0.25) is 0 Å². The van der Waals surface area contributed by atoms with Gasteiger partial charge in [0.25, 0.3) is 0 Å². The van der Waals surface area contributed by atoms with Crippen LogP contribution in [0.15, 0.2) is 147 Å². The summed E-state index contributed by atoms with van der Waals surface area (Å²) in [6.07, 6.45) is 1.89. The second-order valence-electron chi connectivity index (χ2n) is 11.2. The summed E-state index contributed by atoms with van der Waals surface area (Å²) in [6, 6.07) is 44.6. The van der Waals surface area contributed by atoms with Crippen molar-refractivity contribution in [2.24, 2.45) is 0 Å². The van der Waals surface area contributed by atoms with Gasteiger partial charge in [-0.15, -0.1) is 0 Å². The van der Waals surface area contributed by atoms with Gasteiger partial charge in [-0.2, -0.15) is 0 Å². The van der Waals surface area contributed by atoms with Crippen LogP contribution < -0.4 is 0 Å². The Morgan fingerprint density at radius 3 is 1.40 bits per heavy atom. The van der Waals surface area contributed by atoms with Crippen molar-refractivity contribution in [1.82, 2.24) is 0 Å². The maximum absolute atomic E-state index is 6.54. The van der Waals surface area contributed by atoms with E-state index in [2.05, 4.69) is 97.1 Å². The summed E-state index contributed by atoms with van der Waals surface area (Å²) in [6.45, 7) is 0. The van der Waals surface area contributed by atoms with Crippen molar-refractivity contribution in [3.63, 3.8) is 0 Å². The zero-order valence-electron chi connectivity index (χ0n) is 22.9. The van der Waals surface area contributed by atoms with Crippen molar-refractivity contribution >= 4 is 76.4 Å². The number of hydrogen-bond donors (Lipinski definition) is 0. The van der Waals surface area contributed by atoms with Crippen molar-refractivity contribution in [3.8, 4) is 22.3 Å². The number of hydrogen-bond acceptors (Lipinski definition) is 3. The zero-order valence-corrected chi connectivity index (χ0v) is 22.9. The minimum Gasteiger partial charge on any atom is -0.460 e. The van der Waals surface area contributed by atoms with E-state index in [-0.39, 0.29) is 0 Å². The molecule has 0 spiro atoms. The van der Waals surface area contributed by atoms with E-state index in [1.165, 1.54) is 16.3 Å². The van der Waals surface area contributed by atoms with Crippen LogP contribution in [0.25, 0.3) is 98.6 Å². The highest BCUT2D eigenvalue weighted by Crippen LogP contribution is 2.48. The van der Waals surface area contributed by atoms with E-state index in [9.17, 15) is 0 Å². The molecule has 0 amide bonds. The number of para-hydroxylation sites is 3. The highest BCUT2D eigenvalue weighted by molar-refractivity contribution is 6.26. The van der Waals surface area contributed by atoms with E-state index in [4.69, 9.17) is 13.3 Å². The molecule has 0 bridgehead atoms. The average Bonchev–Trinajstić information content (AvgIpc) is 3.77. The molecule has 0 saturated heterocycles. The fraction of sp³-hybridized carbons (Fsp3) is 0. The fourth-order valence-electron chi connectivity index (χ4n) is 7.12. The van der Waals surface area contributed by atoms with Gasteiger partial charge in [0, 0.05) is 49.2 Å². The van der Waals surface area contributed by atoms with E-state index in [0.29, 0.717) is 0 Å². The van der Waals surface area contributed by atoms with Gasteiger partial charge in [-0.05, 0) is 45.8 Å². The molecule has 0 aliphatic carbocycles. The minimum absolute atomic E-state index is 0.771. The molecule has 0 aliphatic heterocycles. The van der Waals surface area contributed by atoms with Crippen LogP contribution in [0.4, 0.5) is 0 Å². The largest absolute Gasteiger partial charge is 0.460 e. The Morgan fingerprint density at radius 2 is 0.767 bits per heavy atom. The first kappa shape index (κ1) is 22.8. The number of furan rings is 3. The summed E-state index contributed by atoms with van der Waals surface area (Å²) >= 11 is 0. The van der Waals surface area contributed by atoms with Crippen molar-refractivity contribution in [3.05, 3.63) is 134 Å². The van der Waals surface area contributed by atoms with Crippen LogP contribution in [-0.2, 0) is 0 Å². The van der Waals surface area contributed by atoms with E-state index in [1.54, 1.807) is 0 Å². The summed E-state index contributed by atoms with van der Waals surface area (Å²) in [5.74, 6) is 0. The SMILES string of the molecule is c1ccc2c(c1)oc1c(-c3c4ccccc4c(-c4coc5c4ccc4c6ccccc6oc45)c4ccccc34)cccc12. The second-order valence-corrected chi connectivity index (χ2v) is 11.2. The molecule has 0 unspecified atom stereocenters. The van der Waals surface area contributed by atoms with Crippen LogP contribution >= 0.6 is 0 Å². The lowest BCUT2D eigenvalue weighted by atomic mass is 9.85. The number of benzene rings is 7. The number of fused-ring (bicyclic) bond motifs is 10. The Labute approximate surface area is 245 Å². The smallest absolute Gasteiger partial charge is 0.178 e. The zero-order chi connectivity index (χ0) is 28.1. The first-order valence-corrected chi connectivity index (χ1v) is 14.5. The average molecular weight is 551 g/mol. The van der Waals surface area contributed by atoms with Gasteiger partial charge in [-0.3, -0.25) is 0 Å². The molecule has 0 radical (unpaired) electrons. The Kier molecular flexibility index (Phi) is 4.45. The maximum atomic E-state index is 6.54. The van der Waals surface area contributed by atoms with Gasteiger partial charge in [0.1, 0.15) is 16.7 Å². The highest BCUT2D eigenvalue weighted by atomic mass is 16.4. The molecule has 10 rings (SSSR count). The first-order valence-electron chi connectivity index (χ1n) is 14.5. The molecule has 0 N–H and O–H groups in total. The predicted molar refractivity (Wildman–Crippen MR) is 177 cm³/mol. The van der Waals surface area contributed by atoms with Gasteiger partial charge in [0.15, 0.2) is 11.2 Å². The van der Waals surface area contributed by atoms with Crippen LogP contribution in [0.5, 0.6) is 0 Å². The summed E-state index contributed by atoms with van der Waals surface area (Å²) in [4.78, 5) is 0. The highest BCUT2D eigenvalue weighted by Gasteiger charge is 2.23. The first-order chi connectivity index (χ1) is 21.3. The van der Waals surface area contributed by atoms with E-state index in [1.807, 2.05) is 36.6 Å². The van der Waals surface area contributed by atoms with Crippen LogP contribution in [0.3, 0.4) is 0 Å². The topological polar surface area (TPSA) is 39.4 Å². The lowest BCUT2D eigenvalue weighted by Crippen LogP contribution is -1.90. The summed E-state index contributed by atoms with van der Waals surface area (Å²) in [5, 5.41) is 10.1. The van der Waals surface area contributed by atoms with E-state index < -0.39 is 0 Å². The van der Waals surface area contributed by atoms with Crippen molar-refractivity contribution in [2.75, 3.05) is 0 Å². The fourth-order valence-corrected chi connectivity index (χ4v) is 7.12. The molecule has 200 valence electrons. The molecular weight excluding hydrogens is 528 g/mol. The minimum atomic E-state index is 0.771. The summed E-state index contributed by atoms with van der Waals surface area (Å²) in [5.41, 5.74) is 8.70. The molecule has 3 aromatic heterocycles. The molecule has 10 aromatic rings. The molecule has 0 fully saturated rings. The van der Waals surface area contributed by atoms with Gasteiger partial charge in [-0.1, -0.05) is 103 Å². The standard InChI is InChI=1S/C40H22O3/c1-3-14-27-25(12-1)36(32-17-9-16-29-23-10-5-7-18-34(23)42-38(29)32)26-13-2-4-15-28(26)37(27)33-22-41-39-31(33)21-20-30-24-11-6-8-19-35(24)43-40(30)39/h1-22H. The molecule has 43 heavy (non-hydrogen) atoms. The van der Waals surface area contributed by atoms with Gasteiger partial charge >= 0.3 is 0 Å². The van der Waals surface area contributed by atoms with Crippen LogP contribution in [-0.4, -0.2) is 0 Å². The molecule has 7 aromatic carbocycles. The third kappa shape index (κ3) is 3.03. The Balaban J connectivity index is 1.33. The van der Waals surface area contributed by atoms with E-state index in [0.717, 1.165) is 82.3 Å². The van der Waals surface area contributed by atoms with Gasteiger partial charge in [-0.25, -0.2) is 0 Å². The second kappa shape index (κ2) is 8.37. The molecule has 3 heterocycles. The van der Waals surface area contributed by atoms with Gasteiger partial charge in [0.05, 0.1) is 6.26 Å². The molecule has 0 atom stereocenters.